The summed E-state index contributed by atoms with van der Waals surface area (Å²) in [6, 6.07) is 4.87. The van der Waals surface area contributed by atoms with E-state index in [-0.39, 0.29) is 10.4 Å². The minimum absolute atomic E-state index is 0.103. The molecule has 98 valence electrons. The van der Waals surface area contributed by atoms with Crippen LogP contribution in [0.25, 0.3) is 0 Å². The zero-order valence-electron chi connectivity index (χ0n) is 10.5. The Morgan fingerprint density at radius 3 is 2.67 bits per heavy atom. The number of carbonyl (C=O) groups is 1. The number of rotatable bonds is 2. The number of halogens is 2. The van der Waals surface area contributed by atoms with Gasteiger partial charge in [-0.25, -0.2) is 4.39 Å². The molecule has 1 fully saturated rings. The molecule has 0 aliphatic heterocycles. The fraction of sp³-hybridized carbons (Fsp3) is 0.500. The Bertz CT molecular complexity index is 443. The molecule has 0 radical (unpaired) electrons. The van der Waals surface area contributed by atoms with Crippen LogP contribution in [0.2, 0.25) is 0 Å². The first-order valence-electron chi connectivity index (χ1n) is 6.32. The molecule has 1 aromatic rings. The summed E-state index contributed by atoms with van der Waals surface area (Å²) in [4.78, 5) is 14.1. The average molecular weight is 314 g/mol. The van der Waals surface area contributed by atoms with Crippen LogP contribution in [0.3, 0.4) is 0 Å². The van der Waals surface area contributed by atoms with E-state index in [0.717, 1.165) is 12.8 Å². The van der Waals surface area contributed by atoms with Gasteiger partial charge in [0.05, 0.1) is 10.0 Å². The van der Waals surface area contributed by atoms with E-state index < -0.39 is 5.82 Å². The summed E-state index contributed by atoms with van der Waals surface area (Å²) in [7, 11) is 1.82. The van der Waals surface area contributed by atoms with Crippen molar-refractivity contribution in [2.75, 3.05) is 7.05 Å². The van der Waals surface area contributed by atoms with E-state index in [4.69, 9.17) is 0 Å². The maximum atomic E-state index is 13.4. The number of benzene rings is 1. The van der Waals surface area contributed by atoms with E-state index in [2.05, 4.69) is 15.9 Å². The summed E-state index contributed by atoms with van der Waals surface area (Å²) in [5.74, 6) is -0.494. The normalized spacial score (nSPS) is 16.6. The number of amides is 1. The average Bonchev–Trinajstić information content (AvgIpc) is 2.41. The molecule has 0 N–H and O–H groups in total. The molecule has 1 aromatic carbocycles. The van der Waals surface area contributed by atoms with Crippen molar-refractivity contribution < 1.29 is 9.18 Å². The molecular formula is C14H17BrFNO. The lowest BCUT2D eigenvalue weighted by molar-refractivity contribution is 0.0694. The number of nitrogens with zero attached hydrogens (tertiary/aromatic N) is 1. The van der Waals surface area contributed by atoms with Crippen LogP contribution in [0.1, 0.15) is 42.5 Å². The van der Waals surface area contributed by atoms with Gasteiger partial charge in [-0.05, 0) is 40.9 Å². The quantitative estimate of drug-likeness (QED) is 0.808. The topological polar surface area (TPSA) is 20.3 Å². The second-order valence-corrected chi connectivity index (χ2v) is 5.60. The van der Waals surface area contributed by atoms with Gasteiger partial charge in [-0.2, -0.15) is 0 Å². The molecule has 0 heterocycles. The Labute approximate surface area is 115 Å². The van der Waals surface area contributed by atoms with Gasteiger partial charge in [0.1, 0.15) is 5.82 Å². The van der Waals surface area contributed by atoms with Gasteiger partial charge in [-0.3, -0.25) is 4.79 Å². The van der Waals surface area contributed by atoms with Gasteiger partial charge >= 0.3 is 0 Å². The fourth-order valence-electron chi connectivity index (χ4n) is 2.49. The minimum Gasteiger partial charge on any atom is -0.339 e. The molecule has 1 aliphatic rings. The molecule has 0 bridgehead atoms. The maximum absolute atomic E-state index is 13.4. The first-order valence-corrected chi connectivity index (χ1v) is 7.11. The van der Waals surface area contributed by atoms with Crippen LogP contribution in [-0.4, -0.2) is 23.9 Å². The number of hydrogen-bond acceptors (Lipinski definition) is 1. The maximum Gasteiger partial charge on any atom is 0.255 e. The summed E-state index contributed by atoms with van der Waals surface area (Å²) in [5, 5.41) is 0. The molecular weight excluding hydrogens is 297 g/mol. The van der Waals surface area contributed by atoms with Gasteiger partial charge in [-0.1, -0.05) is 25.3 Å². The molecule has 0 spiro atoms. The van der Waals surface area contributed by atoms with E-state index >= 15 is 0 Å². The highest BCUT2D eigenvalue weighted by Crippen LogP contribution is 2.26. The Hall–Kier alpha value is -0.900. The third-order valence-electron chi connectivity index (χ3n) is 3.62. The first kappa shape index (κ1) is 13.5. The monoisotopic (exact) mass is 313 g/mol. The molecule has 2 rings (SSSR count). The van der Waals surface area contributed by atoms with E-state index in [1.807, 2.05) is 7.05 Å². The summed E-state index contributed by atoms with van der Waals surface area (Å²) >= 11 is 3.15. The van der Waals surface area contributed by atoms with Gasteiger partial charge in [-0.15, -0.1) is 0 Å². The lowest BCUT2D eigenvalue weighted by atomic mass is 9.94. The predicted octanol–water partition coefficient (Wildman–Crippen LogP) is 3.99. The van der Waals surface area contributed by atoms with E-state index in [1.165, 1.54) is 25.3 Å². The van der Waals surface area contributed by atoms with E-state index in [0.29, 0.717) is 11.6 Å². The predicted molar refractivity (Wildman–Crippen MR) is 73.1 cm³/mol. The van der Waals surface area contributed by atoms with Crippen molar-refractivity contribution in [1.29, 1.82) is 0 Å². The third kappa shape index (κ3) is 2.74. The molecule has 1 amide bonds. The van der Waals surface area contributed by atoms with Crippen LogP contribution < -0.4 is 0 Å². The Balaban J connectivity index is 2.17. The van der Waals surface area contributed by atoms with Crippen molar-refractivity contribution in [3.8, 4) is 0 Å². The van der Waals surface area contributed by atoms with Crippen LogP contribution in [0.4, 0.5) is 4.39 Å². The van der Waals surface area contributed by atoms with Crippen LogP contribution in [0, 0.1) is 5.82 Å². The van der Waals surface area contributed by atoms with Gasteiger partial charge < -0.3 is 4.90 Å². The van der Waals surface area contributed by atoms with Crippen molar-refractivity contribution in [1.82, 2.24) is 4.90 Å². The van der Waals surface area contributed by atoms with Crippen molar-refractivity contribution in [3.05, 3.63) is 34.1 Å². The largest absolute Gasteiger partial charge is 0.339 e. The zero-order valence-corrected chi connectivity index (χ0v) is 12.0. The Kier molecular flexibility index (Phi) is 4.38. The second kappa shape index (κ2) is 5.83. The molecule has 0 aromatic heterocycles. The smallest absolute Gasteiger partial charge is 0.255 e. The summed E-state index contributed by atoms with van der Waals surface area (Å²) in [6.07, 6.45) is 5.70. The van der Waals surface area contributed by atoms with Crippen molar-refractivity contribution in [2.24, 2.45) is 0 Å². The molecule has 0 saturated heterocycles. The lowest BCUT2D eigenvalue weighted by Crippen LogP contribution is -2.38. The second-order valence-electron chi connectivity index (χ2n) is 4.81. The minimum atomic E-state index is -0.391. The summed E-state index contributed by atoms with van der Waals surface area (Å²) in [6.45, 7) is 0. The highest BCUT2D eigenvalue weighted by molar-refractivity contribution is 9.10. The molecule has 2 nitrogen and oxygen atoms in total. The summed E-state index contributed by atoms with van der Waals surface area (Å²) < 4.78 is 13.7. The van der Waals surface area contributed by atoms with Crippen LogP contribution in [0.5, 0.6) is 0 Å². The van der Waals surface area contributed by atoms with Gasteiger partial charge in [0.15, 0.2) is 0 Å². The van der Waals surface area contributed by atoms with Gasteiger partial charge in [0.2, 0.25) is 0 Å². The number of hydrogen-bond donors (Lipinski definition) is 0. The first-order chi connectivity index (χ1) is 8.61. The highest BCUT2D eigenvalue weighted by atomic mass is 79.9. The Morgan fingerprint density at radius 1 is 1.33 bits per heavy atom. The number of carbonyl (C=O) groups excluding carboxylic acids is 1. The van der Waals surface area contributed by atoms with Crippen molar-refractivity contribution in [3.63, 3.8) is 0 Å². The molecule has 1 aliphatic carbocycles. The van der Waals surface area contributed by atoms with E-state index in [1.54, 1.807) is 17.0 Å². The summed E-state index contributed by atoms with van der Waals surface area (Å²) in [5.41, 5.74) is 0.406. The van der Waals surface area contributed by atoms with Crippen molar-refractivity contribution in [2.45, 2.75) is 38.1 Å². The highest BCUT2D eigenvalue weighted by Gasteiger charge is 2.24. The van der Waals surface area contributed by atoms with Gasteiger partial charge in [0, 0.05) is 13.1 Å². The molecule has 18 heavy (non-hydrogen) atoms. The van der Waals surface area contributed by atoms with Gasteiger partial charge in [0.25, 0.3) is 5.91 Å². The fourth-order valence-corrected chi connectivity index (χ4v) is 2.93. The van der Waals surface area contributed by atoms with Crippen molar-refractivity contribution >= 4 is 21.8 Å². The van der Waals surface area contributed by atoms with Crippen LogP contribution >= 0.6 is 15.9 Å². The van der Waals surface area contributed by atoms with Crippen LogP contribution in [0.15, 0.2) is 22.7 Å². The third-order valence-corrected chi connectivity index (χ3v) is 4.43. The molecule has 4 heteroatoms. The molecule has 0 atom stereocenters. The standard InChI is InChI=1S/C14H17BrFNO/c1-17(10-6-3-2-4-7-10)14(18)11-8-5-9-12(16)13(11)15/h5,8-10H,2-4,6-7H2,1H3. The lowest BCUT2D eigenvalue weighted by Gasteiger charge is -2.31. The molecule has 0 unspecified atom stereocenters. The Morgan fingerprint density at radius 2 is 2.00 bits per heavy atom. The zero-order chi connectivity index (χ0) is 13.1. The molecule has 1 saturated carbocycles. The SMILES string of the molecule is CN(C(=O)c1cccc(F)c1Br)C1CCCCC1. The van der Waals surface area contributed by atoms with Crippen LogP contribution in [-0.2, 0) is 0 Å². The van der Waals surface area contributed by atoms with E-state index in [9.17, 15) is 9.18 Å².